The fourth-order valence-electron chi connectivity index (χ4n) is 1.92. The maximum Gasteiger partial charge on any atom is 0.326 e. The summed E-state index contributed by atoms with van der Waals surface area (Å²) < 4.78 is 11.8. The highest BCUT2D eigenvalue weighted by atomic mass is 79.9. The smallest absolute Gasteiger partial charge is 0.326 e. The summed E-state index contributed by atoms with van der Waals surface area (Å²) in [5, 5.41) is 8.99. The average molecular weight is 388 g/mol. The molecule has 1 aromatic rings. The Morgan fingerprint density at radius 3 is 2.22 bits per heavy atom. The number of carbonyl (C=O) groups is 2. The largest absolute Gasteiger partial charge is 0.490 e. The summed E-state index contributed by atoms with van der Waals surface area (Å²) in [6, 6.07) is 2.63. The second-order valence-corrected chi connectivity index (χ2v) is 5.81. The maximum atomic E-state index is 12.3. The van der Waals surface area contributed by atoms with Crippen molar-refractivity contribution in [2.45, 2.75) is 33.2 Å². The van der Waals surface area contributed by atoms with Crippen LogP contribution in [0.3, 0.4) is 0 Å². The van der Waals surface area contributed by atoms with Gasteiger partial charge in [-0.25, -0.2) is 4.79 Å². The molecule has 1 aromatic carbocycles. The summed E-state index contributed by atoms with van der Waals surface area (Å²) in [4.78, 5) is 24.5. The lowest BCUT2D eigenvalue weighted by molar-refractivity contribution is -0.148. The Labute approximate surface area is 144 Å². The van der Waals surface area contributed by atoms with Gasteiger partial charge in [0.2, 0.25) is 5.91 Å². The molecule has 0 aliphatic carbocycles. The predicted octanol–water partition coefficient (Wildman–Crippen LogP) is 2.72. The third-order valence-electron chi connectivity index (χ3n) is 3.39. The highest BCUT2D eigenvalue weighted by Crippen LogP contribution is 2.34. The number of carboxylic acid groups (broad SMARTS) is 1. The summed E-state index contributed by atoms with van der Waals surface area (Å²) in [6.07, 6.45) is 0.0706. The van der Waals surface area contributed by atoms with Gasteiger partial charge in [-0.2, -0.15) is 0 Å². The number of hydrogen-bond acceptors (Lipinski definition) is 4. The zero-order valence-corrected chi connectivity index (χ0v) is 15.3. The molecule has 1 unspecified atom stereocenters. The molecule has 0 spiro atoms. The van der Waals surface area contributed by atoms with E-state index in [1.165, 1.54) is 18.9 Å². The molecule has 7 heteroatoms. The molecule has 6 nitrogen and oxygen atoms in total. The summed E-state index contributed by atoms with van der Waals surface area (Å²) >= 11 is 3.42. The van der Waals surface area contributed by atoms with Crippen LogP contribution in [0, 0.1) is 0 Å². The van der Waals surface area contributed by atoms with Crippen molar-refractivity contribution >= 4 is 27.8 Å². The van der Waals surface area contributed by atoms with E-state index in [1.54, 1.807) is 12.1 Å². The van der Waals surface area contributed by atoms with Crippen LogP contribution in [0.2, 0.25) is 0 Å². The molecule has 0 heterocycles. The van der Waals surface area contributed by atoms with Crippen LogP contribution in [0.15, 0.2) is 16.6 Å². The Balaban J connectivity index is 3.01. The Hall–Kier alpha value is -1.76. The first kappa shape index (κ1) is 19.3. The van der Waals surface area contributed by atoms with Crippen LogP contribution in [-0.4, -0.2) is 48.2 Å². The molecule has 0 bridgehead atoms. The molecule has 0 fully saturated rings. The molecule has 1 N–H and O–H groups in total. The zero-order valence-electron chi connectivity index (χ0n) is 13.8. The van der Waals surface area contributed by atoms with Crippen LogP contribution in [-0.2, 0) is 16.0 Å². The summed E-state index contributed by atoms with van der Waals surface area (Å²) in [5.41, 5.74) is 0.714. The van der Waals surface area contributed by atoms with E-state index >= 15 is 0 Å². The van der Waals surface area contributed by atoms with Gasteiger partial charge < -0.3 is 19.5 Å². The lowest BCUT2D eigenvalue weighted by atomic mass is 10.1. The number of aliphatic carboxylic acids is 1. The van der Waals surface area contributed by atoms with Crippen molar-refractivity contribution in [1.29, 1.82) is 0 Å². The molecule has 1 atom stereocenters. The number of halogens is 1. The third kappa shape index (κ3) is 5.13. The number of nitrogens with zero attached hydrogens (tertiary/aromatic N) is 1. The molecule has 0 saturated carbocycles. The van der Waals surface area contributed by atoms with Crippen LogP contribution in [0.25, 0.3) is 0 Å². The fourth-order valence-corrected chi connectivity index (χ4v) is 2.38. The molecular weight excluding hydrogens is 366 g/mol. The number of rotatable bonds is 8. The minimum Gasteiger partial charge on any atom is -0.490 e. The standard InChI is InChI=1S/C16H22BrNO5/c1-5-22-13-7-11(12(17)9-14(13)23-6-2)8-15(19)18(4)10(3)16(20)21/h7,9-10H,5-6,8H2,1-4H3,(H,20,21). The van der Waals surface area contributed by atoms with Crippen molar-refractivity contribution in [1.82, 2.24) is 4.90 Å². The summed E-state index contributed by atoms with van der Waals surface area (Å²) in [7, 11) is 1.48. The van der Waals surface area contributed by atoms with Crippen molar-refractivity contribution in [2.75, 3.05) is 20.3 Å². The second-order valence-electron chi connectivity index (χ2n) is 4.95. The van der Waals surface area contributed by atoms with E-state index in [0.29, 0.717) is 34.7 Å². The Morgan fingerprint density at radius 2 is 1.74 bits per heavy atom. The van der Waals surface area contributed by atoms with Crippen LogP contribution in [0.5, 0.6) is 11.5 Å². The molecule has 1 amide bonds. The number of hydrogen-bond donors (Lipinski definition) is 1. The van der Waals surface area contributed by atoms with Crippen LogP contribution in [0.1, 0.15) is 26.3 Å². The molecule has 0 aromatic heterocycles. The van der Waals surface area contributed by atoms with Gasteiger partial charge in [0, 0.05) is 11.5 Å². The molecule has 128 valence electrons. The minimum absolute atomic E-state index is 0.0706. The molecule has 0 radical (unpaired) electrons. The Kier molecular flexibility index (Phi) is 7.35. The van der Waals surface area contributed by atoms with Crippen molar-refractivity contribution in [3.05, 3.63) is 22.2 Å². The van der Waals surface area contributed by atoms with E-state index in [-0.39, 0.29) is 12.3 Å². The molecule has 23 heavy (non-hydrogen) atoms. The minimum atomic E-state index is -1.04. The van der Waals surface area contributed by atoms with Gasteiger partial charge in [-0.05, 0) is 38.5 Å². The Morgan fingerprint density at radius 1 is 1.22 bits per heavy atom. The lowest BCUT2D eigenvalue weighted by Gasteiger charge is -2.22. The Bertz CT molecular complexity index is 576. The SMILES string of the molecule is CCOc1cc(Br)c(CC(=O)N(C)C(C)C(=O)O)cc1OCC. The number of carboxylic acids is 1. The first-order chi connectivity index (χ1) is 10.8. The first-order valence-corrected chi connectivity index (χ1v) is 8.17. The number of benzene rings is 1. The summed E-state index contributed by atoms with van der Waals surface area (Å²) in [5.74, 6) is -0.159. The molecule has 0 aliphatic rings. The average Bonchev–Trinajstić information content (AvgIpc) is 2.50. The van der Waals surface area contributed by atoms with E-state index in [2.05, 4.69) is 15.9 Å². The number of amides is 1. The topological polar surface area (TPSA) is 76.1 Å². The van der Waals surface area contributed by atoms with Crippen molar-refractivity contribution in [3.63, 3.8) is 0 Å². The third-order valence-corrected chi connectivity index (χ3v) is 4.12. The van der Waals surface area contributed by atoms with Gasteiger partial charge >= 0.3 is 5.97 Å². The van der Waals surface area contributed by atoms with E-state index in [1.807, 2.05) is 13.8 Å². The van der Waals surface area contributed by atoms with Crippen molar-refractivity contribution < 1.29 is 24.2 Å². The van der Waals surface area contributed by atoms with Crippen molar-refractivity contribution in [3.8, 4) is 11.5 Å². The second kappa shape index (κ2) is 8.76. The van der Waals surface area contributed by atoms with E-state index in [9.17, 15) is 9.59 Å². The van der Waals surface area contributed by atoms with Gasteiger partial charge in [0.1, 0.15) is 6.04 Å². The van der Waals surface area contributed by atoms with Crippen LogP contribution in [0.4, 0.5) is 0 Å². The monoisotopic (exact) mass is 387 g/mol. The number of likely N-dealkylation sites (N-methyl/N-ethyl adjacent to an activating group) is 1. The van der Waals surface area contributed by atoms with Crippen LogP contribution < -0.4 is 9.47 Å². The van der Waals surface area contributed by atoms with Crippen molar-refractivity contribution in [2.24, 2.45) is 0 Å². The molecule has 1 rings (SSSR count). The highest BCUT2D eigenvalue weighted by molar-refractivity contribution is 9.10. The number of carbonyl (C=O) groups excluding carboxylic acids is 1. The van der Waals surface area contributed by atoms with E-state index in [4.69, 9.17) is 14.6 Å². The van der Waals surface area contributed by atoms with Gasteiger partial charge in [0.05, 0.1) is 19.6 Å². The first-order valence-electron chi connectivity index (χ1n) is 7.38. The summed E-state index contributed by atoms with van der Waals surface area (Å²) in [6.45, 7) is 6.20. The zero-order chi connectivity index (χ0) is 17.6. The van der Waals surface area contributed by atoms with Gasteiger partial charge in [0.15, 0.2) is 11.5 Å². The quantitative estimate of drug-likeness (QED) is 0.741. The van der Waals surface area contributed by atoms with Gasteiger partial charge in [-0.1, -0.05) is 15.9 Å². The highest BCUT2D eigenvalue weighted by Gasteiger charge is 2.23. The van der Waals surface area contributed by atoms with Crippen LogP contribution >= 0.6 is 15.9 Å². The lowest BCUT2D eigenvalue weighted by Crippen LogP contribution is -2.41. The van der Waals surface area contributed by atoms with Gasteiger partial charge in [-0.15, -0.1) is 0 Å². The molecular formula is C16H22BrNO5. The normalized spacial score (nSPS) is 11.7. The number of ether oxygens (including phenoxy) is 2. The predicted molar refractivity (Wildman–Crippen MR) is 90.1 cm³/mol. The molecule has 0 aliphatic heterocycles. The van der Waals surface area contributed by atoms with Gasteiger partial charge in [-0.3, -0.25) is 4.79 Å². The van der Waals surface area contributed by atoms with Gasteiger partial charge in [0.25, 0.3) is 0 Å². The van der Waals surface area contributed by atoms with E-state index < -0.39 is 12.0 Å². The van der Waals surface area contributed by atoms with E-state index in [0.717, 1.165) is 0 Å². The fraction of sp³-hybridized carbons (Fsp3) is 0.500. The maximum absolute atomic E-state index is 12.3. The molecule has 0 saturated heterocycles.